The second kappa shape index (κ2) is 10.3. The molecule has 1 fully saturated rings. The Morgan fingerprint density at radius 3 is 2.53 bits per heavy atom. The van der Waals surface area contributed by atoms with Crippen molar-refractivity contribution >= 4 is 23.1 Å². The molecular formula is C28H23FN2O5. The first kappa shape index (κ1) is 24.5. The lowest BCUT2D eigenvalue weighted by Crippen LogP contribution is -2.29. The van der Waals surface area contributed by atoms with Gasteiger partial charge in [0.15, 0.2) is 0 Å². The number of carbonyl (C=O) groups excluding carboxylic acids is 2. The number of hydrogen-bond donors (Lipinski definition) is 1. The zero-order valence-electron chi connectivity index (χ0n) is 19.7. The molecule has 8 heteroatoms. The minimum Gasteiger partial charge on any atom is -0.507 e. The number of hydrogen-bond acceptors (Lipinski definition) is 6. The van der Waals surface area contributed by atoms with Crippen LogP contribution in [0.2, 0.25) is 0 Å². The van der Waals surface area contributed by atoms with Crippen molar-refractivity contribution in [1.29, 1.82) is 5.26 Å². The Morgan fingerprint density at radius 2 is 1.86 bits per heavy atom. The number of ketones is 1. The SMILES string of the molecule is CCCOc1cccc(C2/C(=C(\O)c3cc(F)ccc3OC)C(=O)C(=O)N2c2ccc(C#N)cc2)c1. The van der Waals surface area contributed by atoms with Gasteiger partial charge in [-0.05, 0) is 66.6 Å². The van der Waals surface area contributed by atoms with Gasteiger partial charge >= 0.3 is 0 Å². The van der Waals surface area contributed by atoms with Gasteiger partial charge in [0, 0.05) is 5.69 Å². The average molecular weight is 486 g/mol. The van der Waals surface area contributed by atoms with Gasteiger partial charge in [0.05, 0.1) is 42.5 Å². The predicted molar refractivity (Wildman–Crippen MR) is 131 cm³/mol. The third-order valence-corrected chi connectivity index (χ3v) is 5.78. The van der Waals surface area contributed by atoms with Crippen LogP contribution in [-0.4, -0.2) is 30.5 Å². The lowest BCUT2D eigenvalue weighted by Gasteiger charge is -2.26. The van der Waals surface area contributed by atoms with E-state index in [-0.39, 0.29) is 16.9 Å². The van der Waals surface area contributed by atoms with Crippen LogP contribution in [0, 0.1) is 17.1 Å². The number of halogens is 1. The van der Waals surface area contributed by atoms with Crippen LogP contribution in [0.15, 0.2) is 72.3 Å². The van der Waals surface area contributed by atoms with Crippen LogP contribution >= 0.6 is 0 Å². The van der Waals surface area contributed by atoms with E-state index in [9.17, 15) is 19.1 Å². The molecule has 3 aromatic rings. The number of carbonyl (C=O) groups is 2. The third-order valence-electron chi connectivity index (χ3n) is 5.78. The molecule has 182 valence electrons. The van der Waals surface area contributed by atoms with Crippen LogP contribution in [0.1, 0.15) is 36.1 Å². The Morgan fingerprint density at radius 1 is 1.11 bits per heavy atom. The zero-order valence-corrected chi connectivity index (χ0v) is 19.7. The van der Waals surface area contributed by atoms with Crippen LogP contribution in [0.5, 0.6) is 11.5 Å². The Labute approximate surface area is 207 Å². The normalized spacial score (nSPS) is 16.6. The van der Waals surface area contributed by atoms with Crippen molar-refractivity contribution in [3.63, 3.8) is 0 Å². The molecule has 1 atom stereocenters. The Bertz CT molecular complexity index is 1390. The molecule has 0 radical (unpaired) electrons. The number of aliphatic hydroxyl groups excluding tert-OH is 1. The summed E-state index contributed by atoms with van der Waals surface area (Å²) in [5.41, 5.74) is 0.960. The number of nitrogens with zero attached hydrogens (tertiary/aromatic N) is 2. The Hall–Kier alpha value is -4.64. The highest BCUT2D eigenvalue weighted by Gasteiger charge is 2.47. The molecule has 36 heavy (non-hydrogen) atoms. The van der Waals surface area contributed by atoms with E-state index in [1.807, 2.05) is 13.0 Å². The van der Waals surface area contributed by atoms with E-state index in [1.165, 1.54) is 30.2 Å². The van der Waals surface area contributed by atoms with Gasteiger partial charge in [-0.15, -0.1) is 0 Å². The number of rotatable bonds is 7. The van der Waals surface area contributed by atoms with Crippen molar-refractivity contribution in [2.75, 3.05) is 18.6 Å². The topological polar surface area (TPSA) is 99.9 Å². The van der Waals surface area contributed by atoms with E-state index < -0.39 is 29.3 Å². The molecule has 1 aliphatic heterocycles. The van der Waals surface area contributed by atoms with Crippen molar-refractivity contribution in [1.82, 2.24) is 0 Å². The predicted octanol–water partition coefficient (Wildman–Crippen LogP) is 5.12. The molecule has 1 aliphatic rings. The summed E-state index contributed by atoms with van der Waals surface area (Å²) in [6.45, 7) is 2.44. The number of nitriles is 1. The van der Waals surface area contributed by atoms with Crippen molar-refractivity contribution in [2.24, 2.45) is 0 Å². The van der Waals surface area contributed by atoms with E-state index in [4.69, 9.17) is 14.7 Å². The smallest absolute Gasteiger partial charge is 0.300 e. The average Bonchev–Trinajstić information content (AvgIpc) is 3.17. The molecule has 0 spiro atoms. The zero-order chi connectivity index (χ0) is 25.8. The standard InChI is InChI=1S/C28H23FN2O5/c1-3-13-36-21-6-4-5-18(14-21)25-24(26(32)22-15-19(29)9-12-23(22)35-2)27(33)28(34)31(25)20-10-7-17(16-30)8-11-20/h4-12,14-15,25,32H,3,13H2,1-2H3/b26-24+. The number of benzene rings is 3. The molecule has 0 saturated carbocycles. The number of anilines is 1. The Balaban J connectivity index is 1.95. The lowest BCUT2D eigenvalue weighted by molar-refractivity contribution is -0.132. The van der Waals surface area contributed by atoms with Gasteiger partial charge in [-0.2, -0.15) is 5.26 Å². The monoisotopic (exact) mass is 486 g/mol. The van der Waals surface area contributed by atoms with Gasteiger partial charge in [-0.25, -0.2) is 4.39 Å². The molecule has 0 aliphatic carbocycles. The highest BCUT2D eigenvalue weighted by Crippen LogP contribution is 2.44. The lowest BCUT2D eigenvalue weighted by atomic mass is 9.94. The van der Waals surface area contributed by atoms with Crippen molar-refractivity contribution in [2.45, 2.75) is 19.4 Å². The minimum atomic E-state index is -1.05. The van der Waals surface area contributed by atoms with E-state index in [2.05, 4.69) is 0 Å². The maximum Gasteiger partial charge on any atom is 0.300 e. The first-order valence-corrected chi connectivity index (χ1v) is 11.3. The number of ether oxygens (including phenoxy) is 2. The highest BCUT2D eigenvalue weighted by molar-refractivity contribution is 6.51. The number of amides is 1. The fourth-order valence-electron chi connectivity index (χ4n) is 4.12. The molecule has 0 bridgehead atoms. The van der Waals surface area contributed by atoms with Crippen LogP contribution in [0.3, 0.4) is 0 Å². The van der Waals surface area contributed by atoms with Crippen molar-refractivity contribution < 1.29 is 28.6 Å². The fourth-order valence-corrected chi connectivity index (χ4v) is 4.12. The van der Waals surface area contributed by atoms with E-state index >= 15 is 0 Å². The van der Waals surface area contributed by atoms with E-state index in [0.717, 1.165) is 18.6 Å². The maximum atomic E-state index is 14.1. The van der Waals surface area contributed by atoms with Gasteiger partial charge in [-0.3, -0.25) is 14.5 Å². The number of Topliss-reactive ketones (excluding diaryl/α,β-unsaturated/α-hetero) is 1. The summed E-state index contributed by atoms with van der Waals surface area (Å²) in [5.74, 6) is -2.36. The summed E-state index contributed by atoms with van der Waals surface area (Å²) in [6, 6.07) is 17.6. The van der Waals surface area contributed by atoms with Crippen molar-refractivity contribution in [3.05, 3.63) is 94.8 Å². The molecule has 1 saturated heterocycles. The van der Waals surface area contributed by atoms with Crippen LogP contribution in [-0.2, 0) is 9.59 Å². The summed E-state index contributed by atoms with van der Waals surface area (Å²) in [4.78, 5) is 27.9. The molecule has 0 aromatic heterocycles. The molecule has 1 amide bonds. The highest BCUT2D eigenvalue weighted by atomic mass is 19.1. The van der Waals surface area contributed by atoms with Gasteiger partial charge < -0.3 is 14.6 Å². The second-order valence-corrected chi connectivity index (χ2v) is 8.09. The largest absolute Gasteiger partial charge is 0.507 e. The summed E-state index contributed by atoms with van der Waals surface area (Å²) in [6.07, 6.45) is 0.785. The summed E-state index contributed by atoms with van der Waals surface area (Å²) in [5, 5.41) is 20.4. The van der Waals surface area contributed by atoms with Gasteiger partial charge in [-0.1, -0.05) is 19.1 Å². The van der Waals surface area contributed by atoms with Crippen LogP contribution < -0.4 is 14.4 Å². The molecule has 7 nitrogen and oxygen atoms in total. The molecule has 1 unspecified atom stereocenters. The third kappa shape index (κ3) is 4.51. The first-order chi connectivity index (χ1) is 17.4. The van der Waals surface area contributed by atoms with Gasteiger partial charge in [0.25, 0.3) is 11.7 Å². The molecule has 1 heterocycles. The molecule has 3 aromatic carbocycles. The van der Waals surface area contributed by atoms with E-state index in [1.54, 1.807) is 36.4 Å². The summed E-state index contributed by atoms with van der Waals surface area (Å²) in [7, 11) is 1.35. The quantitative estimate of drug-likeness (QED) is 0.283. The maximum absolute atomic E-state index is 14.1. The molecule has 1 N–H and O–H groups in total. The summed E-state index contributed by atoms with van der Waals surface area (Å²) < 4.78 is 25.1. The molecular weight excluding hydrogens is 463 g/mol. The van der Waals surface area contributed by atoms with Crippen molar-refractivity contribution in [3.8, 4) is 17.6 Å². The van der Waals surface area contributed by atoms with E-state index in [0.29, 0.717) is 29.2 Å². The minimum absolute atomic E-state index is 0.0567. The van der Waals surface area contributed by atoms with Crippen LogP contribution in [0.4, 0.5) is 10.1 Å². The second-order valence-electron chi connectivity index (χ2n) is 8.09. The van der Waals surface area contributed by atoms with Gasteiger partial charge in [0.1, 0.15) is 23.1 Å². The fraction of sp³-hybridized carbons (Fsp3) is 0.179. The number of methoxy groups -OCH3 is 1. The van der Waals surface area contributed by atoms with Gasteiger partial charge in [0.2, 0.25) is 0 Å². The summed E-state index contributed by atoms with van der Waals surface area (Å²) >= 11 is 0. The molecule has 4 rings (SSSR count). The first-order valence-electron chi connectivity index (χ1n) is 11.3. The van der Waals surface area contributed by atoms with Crippen LogP contribution in [0.25, 0.3) is 5.76 Å². The Kier molecular flexibility index (Phi) is 7.02. The number of aliphatic hydroxyl groups is 1.